The van der Waals surface area contributed by atoms with Crippen LogP contribution < -0.4 is 0 Å². The van der Waals surface area contributed by atoms with Gasteiger partial charge in [0.25, 0.3) is 0 Å². The van der Waals surface area contributed by atoms with E-state index in [0.29, 0.717) is 18.9 Å². The molecule has 1 N–H and O–H groups in total. The first kappa shape index (κ1) is 13.1. The maximum atomic E-state index is 11.2. The lowest BCUT2D eigenvalue weighted by atomic mass is 9.91. The summed E-state index contributed by atoms with van der Waals surface area (Å²) in [7, 11) is 0. The van der Waals surface area contributed by atoms with Gasteiger partial charge in [-0.3, -0.25) is 9.48 Å². The number of nitrogens with zero attached hydrogens (tertiary/aromatic N) is 2. The highest BCUT2D eigenvalue weighted by atomic mass is 16.5. The summed E-state index contributed by atoms with van der Waals surface area (Å²) in [6, 6.07) is 0. The molecule has 1 aromatic heterocycles. The van der Waals surface area contributed by atoms with Gasteiger partial charge in [0.15, 0.2) is 0 Å². The van der Waals surface area contributed by atoms with Crippen LogP contribution in [0.1, 0.15) is 38.4 Å². The second-order valence-corrected chi connectivity index (χ2v) is 5.27. The zero-order valence-electron chi connectivity index (χ0n) is 10.9. The molecule has 0 radical (unpaired) electrons. The SMILES string of the molecule is CC(C)Cn1cc([C@@H]2OCCC[C@H]2C(=O)O)cn1. The van der Waals surface area contributed by atoms with Crippen molar-refractivity contribution in [1.82, 2.24) is 9.78 Å². The predicted molar refractivity (Wildman–Crippen MR) is 66.1 cm³/mol. The fraction of sp³-hybridized carbons (Fsp3) is 0.692. The summed E-state index contributed by atoms with van der Waals surface area (Å²) >= 11 is 0. The minimum atomic E-state index is -0.781. The first-order valence-corrected chi connectivity index (χ1v) is 6.44. The number of aliphatic carboxylic acids is 1. The smallest absolute Gasteiger partial charge is 0.309 e. The molecule has 0 bridgehead atoms. The van der Waals surface area contributed by atoms with E-state index < -0.39 is 11.9 Å². The van der Waals surface area contributed by atoms with Gasteiger partial charge in [-0.15, -0.1) is 0 Å². The molecule has 1 saturated heterocycles. The Hall–Kier alpha value is -1.36. The molecule has 5 heteroatoms. The van der Waals surface area contributed by atoms with Gasteiger partial charge in [0.05, 0.1) is 18.2 Å². The van der Waals surface area contributed by atoms with Gasteiger partial charge in [0, 0.05) is 24.9 Å². The molecule has 100 valence electrons. The predicted octanol–water partition coefficient (Wildman–Crippen LogP) is 2.09. The number of aromatic nitrogens is 2. The van der Waals surface area contributed by atoms with Crippen LogP contribution >= 0.6 is 0 Å². The van der Waals surface area contributed by atoms with Gasteiger partial charge >= 0.3 is 5.97 Å². The van der Waals surface area contributed by atoms with Crippen LogP contribution in [0.4, 0.5) is 0 Å². The second-order valence-electron chi connectivity index (χ2n) is 5.27. The summed E-state index contributed by atoms with van der Waals surface area (Å²) in [5.74, 6) is -0.716. The first-order chi connectivity index (χ1) is 8.58. The molecule has 0 aliphatic carbocycles. The highest BCUT2D eigenvalue weighted by Gasteiger charge is 2.33. The van der Waals surface area contributed by atoms with Crippen LogP contribution in [0.25, 0.3) is 0 Å². The third kappa shape index (κ3) is 2.90. The van der Waals surface area contributed by atoms with Crippen molar-refractivity contribution in [3.8, 4) is 0 Å². The molecule has 2 atom stereocenters. The molecule has 2 rings (SSSR count). The van der Waals surface area contributed by atoms with Crippen LogP contribution in [0, 0.1) is 11.8 Å². The van der Waals surface area contributed by atoms with Crippen LogP contribution in [-0.4, -0.2) is 27.5 Å². The van der Waals surface area contributed by atoms with Crippen molar-refractivity contribution in [2.24, 2.45) is 11.8 Å². The first-order valence-electron chi connectivity index (χ1n) is 6.44. The molecule has 0 aromatic carbocycles. The number of hydrogen-bond acceptors (Lipinski definition) is 3. The molecular weight excluding hydrogens is 232 g/mol. The van der Waals surface area contributed by atoms with Gasteiger partial charge in [0.2, 0.25) is 0 Å². The number of ether oxygens (including phenoxy) is 1. The van der Waals surface area contributed by atoms with Crippen molar-refractivity contribution in [1.29, 1.82) is 0 Å². The largest absolute Gasteiger partial charge is 0.481 e. The summed E-state index contributed by atoms with van der Waals surface area (Å²) in [5.41, 5.74) is 0.878. The maximum Gasteiger partial charge on any atom is 0.309 e. The number of rotatable bonds is 4. The van der Waals surface area contributed by atoms with Crippen LogP contribution in [-0.2, 0) is 16.1 Å². The Balaban J connectivity index is 2.13. The Morgan fingerprint density at radius 3 is 3.11 bits per heavy atom. The molecule has 1 aromatic rings. The topological polar surface area (TPSA) is 64.3 Å². The zero-order chi connectivity index (χ0) is 13.1. The van der Waals surface area contributed by atoms with Crippen LogP contribution in [0.2, 0.25) is 0 Å². The monoisotopic (exact) mass is 252 g/mol. The third-order valence-electron chi connectivity index (χ3n) is 3.17. The van der Waals surface area contributed by atoms with Crippen LogP contribution in [0.15, 0.2) is 12.4 Å². The summed E-state index contributed by atoms with van der Waals surface area (Å²) in [6.45, 7) is 5.71. The van der Waals surface area contributed by atoms with Crippen LogP contribution in [0.3, 0.4) is 0 Å². The molecule has 0 spiro atoms. The quantitative estimate of drug-likeness (QED) is 0.891. The Bertz CT molecular complexity index is 414. The van der Waals surface area contributed by atoms with E-state index in [4.69, 9.17) is 4.74 Å². The lowest BCUT2D eigenvalue weighted by molar-refractivity contribution is -0.151. The number of hydrogen-bond donors (Lipinski definition) is 1. The minimum absolute atomic E-state index is 0.350. The van der Waals surface area contributed by atoms with E-state index in [9.17, 15) is 9.90 Å². The number of carboxylic acids is 1. The Morgan fingerprint density at radius 2 is 2.44 bits per heavy atom. The van der Waals surface area contributed by atoms with Gasteiger partial charge < -0.3 is 9.84 Å². The molecule has 0 unspecified atom stereocenters. The number of carbonyl (C=O) groups is 1. The van der Waals surface area contributed by atoms with Gasteiger partial charge in [-0.2, -0.15) is 5.10 Å². The summed E-state index contributed by atoms with van der Waals surface area (Å²) < 4.78 is 7.48. The van der Waals surface area contributed by atoms with Crippen molar-refractivity contribution < 1.29 is 14.6 Å². The Morgan fingerprint density at radius 1 is 1.67 bits per heavy atom. The summed E-state index contributed by atoms with van der Waals surface area (Å²) in [4.78, 5) is 11.2. The van der Waals surface area contributed by atoms with E-state index in [1.807, 2.05) is 10.9 Å². The van der Waals surface area contributed by atoms with Crippen molar-refractivity contribution in [2.45, 2.75) is 39.3 Å². The fourth-order valence-corrected chi connectivity index (χ4v) is 2.36. The molecule has 1 aliphatic heterocycles. The van der Waals surface area contributed by atoms with E-state index in [1.54, 1.807) is 6.20 Å². The maximum absolute atomic E-state index is 11.2. The van der Waals surface area contributed by atoms with E-state index >= 15 is 0 Å². The second kappa shape index (κ2) is 5.52. The minimum Gasteiger partial charge on any atom is -0.481 e. The van der Waals surface area contributed by atoms with Gasteiger partial charge in [-0.05, 0) is 18.8 Å². The van der Waals surface area contributed by atoms with E-state index in [0.717, 1.165) is 18.5 Å². The lowest BCUT2D eigenvalue weighted by Crippen LogP contribution is -2.28. The van der Waals surface area contributed by atoms with E-state index in [-0.39, 0.29) is 6.10 Å². The molecule has 5 nitrogen and oxygen atoms in total. The van der Waals surface area contributed by atoms with E-state index in [1.165, 1.54) is 0 Å². The van der Waals surface area contributed by atoms with Crippen LogP contribution in [0.5, 0.6) is 0 Å². The Kier molecular flexibility index (Phi) is 4.01. The zero-order valence-corrected chi connectivity index (χ0v) is 10.9. The molecule has 1 aliphatic rings. The molecule has 0 saturated carbocycles. The normalized spacial score (nSPS) is 24.4. The summed E-state index contributed by atoms with van der Waals surface area (Å²) in [5, 5.41) is 13.5. The highest BCUT2D eigenvalue weighted by molar-refractivity contribution is 5.71. The van der Waals surface area contributed by atoms with Gasteiger partial charge in [0.1, 0.15) is 0 Å². The average Bonchev–Trinajstić information content (AvgIpc) is 2.76. The summed E-state index contributed by atoms with van der Waals surface area (Å²) in [6.07, 6.45) is 4.78. The van der Waals surface area contributed by atoms with Gasteiger partial charge in [-0.25, -0.2) is 0 Å². The number of carboxylic acid groups (broad SMARTS) is 1. The van der Waals surface area contributed by atoms with Gasteiger partial charge in [-0.1, -0.05) is 13.8 Å². The van der Waals surface area contributed by atoms with E-state index in [2.05, 4.69) is 18.9 Å². The Labute approximate surface area is 107 Å². The van der Waals surface area contributed by atoms with Crippen molar-refractivity contribution in [3.63, 3.8) is 0 Å². The third-order valence-corrected chi connectivity index (χ3v) is 3.17. The highest BCUT2D eigenvalue weighted by Crippen LogP contribution is 2.33. The molecule has 2 heterocycles. The molecule has 18 heavy (non-hydrogen) atoms. The fourth-order valence-electron chi connectivity index (χ4n) is 2.36. The molecule has 1 fully saturated rings. The standard InChI is InChI=1S/C13H20N2O3/c1-9(2)7-15-8-10(6-14-15)12-11(13(16)17)4-3-5-18-12/h6,8-9,11-12H,3-5,7H2,1-2H3,(H,16,17)/t11-,12+/m1/s1. The average molecular weight is 252 g/mol. The van der Waals surface area contributed by atoms with Crippen molar-refractivity contribution in [2.75, 3.05) is 6.61 Å². The van der Waals surface area contributed by atoms with Crippen molar-refractivity contribution >= 4 is 5.97 Å². The van der Waals surface area contributed by atoms with Crippen molar-refractivity contribution in [3.05, 3.63) is 18.0 Å². The molecule has 0 amide bonds. The lowest BCUT2D eigenvalue weighted by Gasteiger charge is -2.28. The molecular formula is C13H20N2O3.